The third-order valence-corrected chi connectivity index (χ3v) is 4.54. The van der Waals surface area contributed by atoms with Crippen molar-refractivity contribution < 1.29 is 19.1 Å². The van der Waals surface area contributed by atoms with Gasteiger partial charge in [-0.15, -0.1) is 10.2 Å². The summed E-state index contributed by atoms with van der Waals surface area (Å²) in [4.78, 5) is 11.5. The molecule has 6 nitrogen and oxygen atoms in total. The van der Waals surface area contributed by atoms with Gasteiger partial charge in [0.15, 0.2) is 0 Å². The first-order chi connectivity index (χ1) is 13.4. The highest BCUT2D eigenvalue weighted by Gasteiger charge is 2.12. The third-order valence-electron chi connectivity index (χ3n) is 3.45. The molecule has 1 heterocycles. The Bertz CT molecular complexity index is 982. The van der Waals surface area contributed by atoms with E-state index >= 15 is 0 Å². The number of rotatable bonds is 7. The van der Waals surface area contributed by atoms with Gasteiger partial charge in [-0.2, -0.15) is 0 Å². The standard InChI is InChI=1S/C20H17ClN2O4S/c1-12(2)26-16-9-3-13(4-10-16)11-17(19(24)25)28-20-23-22-18(27-20)14-5-7-15(21)8-6-14/h3-12H,1-2H3,(H,24,25)/p-1/b17-11-. The molecule has 2 aromatic carbocycles. The molecule has 3 aromatic rings. The average Bonchev–Trinajstić information content (AvgIpc) is 3.11. The van der Waals surface area contributed by atoms with E-state index < -0.39 is 5.97 Å². The maximum Gasteiger partial charge on any atom is 0.281 e. The van der Waals surface area contributed by atoms with Gasteiger partial charge in [0.1, 0.15) is 5.75 Å². The fraction of sp³-hybridized carbons (Fsp3) is 0.150. The molecule has 0 unspecified atom stereocenters. The van der Waals surface area contributed by atoms with Gasteiger partial charge in [0.05, 0.1) is 12.1 Å². The average molecular weight is 416 g/mol. The van der Waals surface area contributed by atoms with Crippen LogP contribution in [0.4, 0.5) is 0 Å². The van der Waals surface area contributed by atoms with Crippen LogP contribution in [0.5, 0.6) is 5.75 Å². The van der Waals surface area contributed by atoms with Crippen LogP contribution < -0.4 is 9.84 Å². The van der Waals surface area contributed by atoms with Gasteiger partial charge in [-0.25, -0.2) is 0 Å². The maximum atomic E-state index is 11.5. The van der Waals surface area contributed by atoms with E-state index in [4.69, 9.17) is 20.8 Å². The molecule has 0 aliphatic heterocycles. The molecule has 0 amide bonds. The van der Waals surface area contributed by atoms with Crippen molar-refractivity contribution in [3.63, 3.8) is 0 Å². The molecule has 28 heavy (non-hydrogen) atoms. The predicted octanol–water partition coefficient (Wildman–Crippen LogP) is 4.06. The summed E-state index contributed by atoms with van der Waals surface area (Å²) in [6.45, 7) is 3.86. The highest BCUT2D eigenvalue weighted by Crippen LogP contribution is 2.30. The van der Waals surface area contributed by atoms with Crippen LogP contribution in [0.15, 0.2) is 63.1 Å². The van der Waals surface area contributed by atoms with Gasteiger partial charge < -0.3 is 19.1 Å². The van der Waals surface area contributed by atoms with E-state index in [0.717, 1.165) is 11.8 Å². The van der Waals surface area contributed by atoms with Gasteiger partial charge in [0.2, 0.25) is 5.89 Å². The van der Waals surface area contributed by atoms with Gasteiger partial charge in [-0.05, 0) is 73.6 Å². The molecule has 0 fully saturated rings. The molecule has 0 radical (unpaired) electrons. The quantitative estimate of drug-likeness (QED) is 0.424. The van der Waals surface area contributed by atoms with Gasteiger partial charge in [-0.3, -0.25) is 0 Å². The monoisotopic (exact) mass is 415 g/mol. The van der Waals surface area contributed by atoms with Crippen LogP contribution in [0.2, 0.25) is 5.02 Å². The zero-order valence-electron chi connectivity index (χ0n) is 15.1. The largest absolute Gasteiger partial charge is 0.544 e. The summed E-state index contributed by atoms with van der Waals surface area (Å²) in [7, 11) is 0. The zero-order chi connectivity index (χ0) is 20.1. The predicted molar refractivity (Wildman–Crippen MR) is 106 cm³/mol. The minimum atomic E-state index is -1.33. The first-order valence-electron chi connectivity index (χ1n) is 8.38. The highest BCUT2D eigenvalue weighted by molar-refractivity contribution is 8.03. The minimum absolute atomic E-state index is 0.0520. The summed E-state index contributed by atoms with van der Waals surface area (Å²) in [6, 6.07) is 13.9. The van der Waals surface area contributed by atoms with Crippen molar-refractivity contribution in [3.8, 4) is 17.2 Å². The van der Waals surface area contributed by atoms with Crippen molar-refractivity contribution in [1.82, 2.24) is 10.2 Å². The van der Waals surface area contributed by atoms with Crippen LogP contribution in [0, 0.1) is 0 Å². The molecule has 0 atom stereocenters. The number of aliphatic carboxylic acids is 1. The van der Waals surface area contributed by atoms with Crippen LogP contribution in [-0.4, -0.2) is 22.3 Å². The van der Waals surface area contributed by atoms with Crippen LogP contribution in [0.3, 0.4) is 0 Å². The van der Waals surface area contributed by atoms with Crippen molar-refractivity contribution in [2.24, 2.45) is 0 Å². The summed E-state index contributed by atoms with van der Waals surface area (Å²) in [6.07, 6.45) is 1.54. The number of carboxylic acids is 1. The molecule has 0 saturated carbocycles. The van der Waals surface area contributed by atoms with Gasteiger partial charge in [-0.1, -0.05) is 23.7 Å². The van der Waals surface area contributed by atoms with Gasteiger partial charge in [0, 0.05) is 15.5 Å². The molecule has 0 aliphatic carbocycles. The number of carbonyl (C=O) groups excluding carboxylic acids is 1. The molecule has 3 rings (SSSR count). The number of aromatic nitrogens is 2. The number of thioether (sulfide) groups is 1. The fourth-order valence-electron chi connectivity index (χ4n) is 2.25. The molecule has 0 N–H and O–H groups in total. The van der Waals surface area contributed by atoms with E-state index in [9.17, 15) is 9.90 Å². The number of ether oxygens (including phenoxy) is 1. The molecule has 0 bridgehead atoms. The Hall–Kier alpha value is -2.77. The number of halogens is 1. The van der Waals surface area contributed by atoms with E-state index in [-0.39, 0.29) is 22.1 Å². The molecule has 0 saturated heterocycles. The maximum absolute atomic E-state index is 11.5. The molecular formula is C20H16ClN2O4S-. The van der Waals surface area contributed by atoms with Crippen molar-refractivity contribution >= 4 is 35.4 Å². The number of carbonyl (C=O) groups is 1. The van der Waals surface area contributed by atoms with Crippen LogP contribution in [-0.2, 0) is 4.79 Å². The molecule has 1 aromatic heterocycles. The van der Waals surface area contributed by atoms with E-state index in [1.807, 2.05) is 13.8 Å². The van der Waals surface area contributed by atoms with Gasteiger partial charge in [0.25, 0.3) is 5.22 Å². The molecule has 0 aliphatic rings. The van der Waals surface area contributed by atoms with Crippen LogP contribution in [0.25, 0.3) is 17.5 Å². The van der Waals surface area contributed by atoms with Crippen molar-refractivity contribution in [2.45, 2.75) is 25.2 Å². The Morgan fingerprint density at radius 3 is 2.43 bits per heavy atom. The van der Waals surface area contributed by atoms with E-state index in [1.165, 1.54) is 6.08 Å². The van der Waals surface area contributed by atoms with E-state index in [0.29, 0.717) is 21.9 Å². The summed E-state index contributed by atoms with van der Waals surface area (Å²) < 4.78 is 11.1. The van der Waals surface area contributed by atoms with E-state index in [1.54, 1.807) is 48.5 Å². The molecule has 0 spiro atoms. The lowest BCUT2D eigenvalue weighted by molar-refractivity contribution is -0.298. The molecular weight excluding hydrogens is 400 g/mol. The lowest BCUT2D eigenvalue weighted by Gasteiger charge is -2.10. The number of benzene rings is 2. The Morgan fingerprint density at radius 1 is 1.14 bits per heavy atom. The minimum Gasteiger partial charge on any atom is -0.544 e. The molecule has 144 valence electrons. The second kappa shape index (κ2) is 8.95. The smallest absolute Gasteiger partial charge is 0.281 e. The zero-order valence-corrected chi connectivity index (χ0v) is 16.7. The van der Waals surface area contributed by atoms with E-state index in [2.05, 4.69) is 10.2 Å². The lowest BCUT2D eigenvalue weighted by Crippen LogP contribution is -2.23. The number of nitrogens with zero attached hydrogens (tertiary/aromatic N) is 2. The highest BCUT2D eigenvalue weighted by atomic mass is 35.5. The lowest BCUT2D eigenvalue weighted by atomic mass is 10.2. The van der Waals surface area contributed by atoms with Crippen molar-refractivity contribution in [3.05, 3.63) is 64.0 Å². The Balaban J connectivity index is 1.77. The number of hydrogen-bond acceptors (Lipinski definition) is 7. The SMILES string of the molecule is CC(C)Oc1ccc(/C=C(\Sc2nnc(-c3ccc(Cl)cc3)o2)C(=O)[O-])cc1. The summed E-state index contributed by atoms with van der Waals surface area (Å²) in [5, 5.41) is 20.0. The fourth-order valence-corrected chi connectivity index (χ4v) is 3.05. The van der Waals surface area contributed by atoms with Crippen LogP contribution in [0.1, 0.15) is 19.4 Å². The number of carboxylic acid groups (broad SMARTS) is 1. The van der Waals surface area contributed by atoms with Crippen molar-refractivity contribution in [1.29, 1.82) is 0 Å². The Kier molecular flexibility index (Phi) is 6.38. The van der Waals surface area contributed by atoms with Crippen LogP contribution >= 0.6 is 23.4 Å². The summed E-state index contributed by atoms with van der Waals surface area (Å²) in [5.41, 5.74) is 1.36. The Morgan fingerprint density at radius 2 is 1.82 bits per heavy atom. The first-order valence-corrected chi connectivity index (χ1v) is 9.57. The summed E-state index contributed by atoms with van der Waals surface area (Å²) >= 11 is 6.69. The topological polar surface area (TPSA) is 88.3 Å². The first kappa shape index (κ1) is 20.0. The number of hydrogen-bond donors (Lipinski definition) is 0. The summed E-state index contributed by atoms with van der Waals surface area (Å²) in [5.74, 6) is -0.356. The van der Waals surface area contributed by atoms with Gasteiger partial charge >= 0.3 is 0 Å². The second-order valence-electron chi connectivity index (χ2n) is 6.01. The second-order valence-corrected chi connectivity index (χ2v) is 7.44. The molecule has 8 heteroatoms. The third kappa shape index (κ3) is 5.37. The normalized spacial score (nSPS) is 11.6. The Labute approximate surface area is 171 Å². The van der Waals surface area contributed by atoms with Crippen molar-refractivity contribution in [2.75, 3.05) is 0 Å².